The van der Waals surface area contributed by atoms with Crippen LogP contribution in [0.5, 0.6) is 0 Å². The Hall–Kier alpha value is -4.72. The highest BCUT2D eigenvalue weighted by Crippen LogP contribution is 2.43. The fourth-order valence-corrected chi connectivity index (χ4v) is 13.8. The third-order valence-electron chi connectivity index (χ3n) is 10.2. The molecule has 0 N–H and O–H groups in total. The fraction of sp³-hybridized carbons (Fsp3) is 0.0952. The summed E-state index contributed by atoms with van der Waals surface area (Å²) in [5, 5.41) is 8.54. The van der Waals surface area contributed by atoms with Crippen LogP contribution in [-0.2, 0) is 0 Å². The topological polar surface area (TPSA) is 0 Å². The second-order valence-electron chi connectivity index (χ2n) is 12.4. The Morgan fingerprint density at radius 1 is 0.349 bits per heavy atom. The van der Waals surface area contributed by atoms with Crippen LogP contribution >= 0.6 is 0 Å². The highest BCUT2D eigenvalue weighted by molar-refractivity contribution is 7.06. The molecule has 1 heteroatoms. The standard InChI is InChI=1S/C42H32Si/c1-2-11-30(12-3-1)37-25-31-14-4-5-15-32(31)26-38(37)34-20-22-42-40(28-34)39-27-33(19-21-41(39)43(42)23-8-9-24-43)36-18-10-16-29-13-6-7-17-35(29)36/h1-7,10-22,25-28H,8-9,23-24H2. The van der Waals surface area contributed by atoms with Crippen LogP contribution in [0.25, 0.3) is 66.1 Å². The van der Waals surface area contributed by atoms with Crippen molar-refractivity contribution >= 4 is 40.0 Å². The molecular weight excluding hydrogens is 533 g/mol. The van der Waals surface area contributed by atoms with Crippen molar-refractivity contribution in [2.45, 2.75) is 24.9 Å². The second-order valence-corrected chi connectivity index (χ2v) is 16.7. The molecule has 2 heterocycles. The van der Waals surface area contributed by atoms with E-state index in [1.165, 1.54) is 91.0 Å². The van der Waals surface area contributed by atoms with E-state index in [1.54, 1.807) is 10.4 Å². The first kappa shape index (κ1) is 24.8. The van der Waals surface area contributed by atoms with Crippen molar-refractivity contribution in [3.63, 3.8) is 0 Å². The summed E-state index contributed by atoms with van der Waals surface area (Å²) in [5.74, 6) is 0. The summed E-state index contributed by atoms with van der Waals surface area (Å²) in [4.78, 5) is 0. The molecule has 1 saturated heterocycles. The van der Waals surface area contributed by atoms with E-state index in [9.17, 15) is 0 Å². The molecule has 1 fully saturated rings. The molecule has 7 aromatic rings. The molecule has 0 nitrogen and oxygen atoms in total. The Bertz CT molecular complexity index is 2180. The first-order valence-corrected chi connectivity index (χ1v) is 18.1. The summed E-state index contributed by atoms with van der Waals surface area (Å²) in [6, 6.07) is 57.7. The number of rotatable bonds is 3. The molecule has 0 saturated carbocycles. The predicted octanol–water partition coefficient (Wildman–Crippen LogP) is 10.3. The van der Waals surface area contributed by atoms with Crippen molar-refractivity contribution < 1.29 is 0 Å². The van der Waals surface area contributed by atoms with Gasteiger partial charge in [-0.15, -0.1) is 0 Å². The normalized spacial score (nSPS) is 14.8. The van der Waals surface area contributed by atoms with Crippen LogP contribution in [0.2, 0.25) is 12.1 Å². The Morgan fingerprint density at radius 2 is 0.884 bits per heavy atom. The van der Waals surface area contributed by atoms with Gasteiger partial charge in [0, 0.05) is 0 Å². The molecule has 0 aromatic heterocycles. The molecule has 0 amide bonds. The van der Waals surface area contributed by atoms with E-state index >= 15 is 0 Å². The zero-order valence-electron chi connectivity index (χ0n) is 24.2. The van der Waals surface area contributed by atoms with Gasteiger partial charge in [0.15, 0.2) is 0 Å². The molecule has 0 aliphatic carbocycles. The lowest BCUT2D eigenvalue weighted by Gasteiger charge is -2.24. The van der Waals surface area contributed by atoms with Crippen molar-refractivity contribution in [1.29, 1.82) is 0 Å². The number of hydrogen-bond acceptors (Lipinski definition) is 0. The van der Waals surface area contributed by atoms with E-state index in [-0.39, 0.29) is 0 Å². The number of benzene rings is 7. The molecular formula is C42H32Si. The second kappa shape index (κ2) is 9.66. The van der Waals surface area contributed by atoms with Gasteiger partial charge in [-0.05, 0) is 113 Å². The van der Waals surface area contributed by atoms with E-state index in [0.29, 0.717) is 0 Å². The molecule has 0 bridgehead atoms. The third-order valence-corrected chi connectivity index (χ3v) is 15.5. The molecule has 2 aliphatic heterocycles. The quantitative estimate of drug-likeness (QED) is 0.187. The molecule has 7 aromatic carbocycles. The molecule has 0 atom stereocenters. The minimum Gasteiger partial charge on any atom is -0.0622 e. The first-order valence-electron chi connectivity index (χ1n) is 15.6. The highest BCUT2D eigenvalue weighted by atomic mass is 28.3. The lowest BCUT2D eigenvalue weighted by Crippen LogP contribution is -2.52. The van der Waals surface area contributed by atoms with Crippen LogP contribution in [0.15, 0.2) is 146 Å². The van der Waals surface area contributed by atoms with Gasteiger partial charge in [-0.2, -0.15) is 0 Å². The van der Waals surface area contributed by atoms with Crippen LogP contribution in [0, 0.1) is 0 Å². The van der Waals surface area contributed by atoms with Crippen molar-refractivity contribution in [3.05, 3.63) is 146 Å². The van der Waals surface area contributed by atoms with Gasteiger partial charge in [-0.3, -0.25) is 0 Å². The third kappa shape index (κ3) is 3.81. The lowest BCUT2D eigenvalue weighted by atomic mass is 9.89. The Kier molecular flexibility index (Phi) is 5.58. The zero-order chi connectivity index (χ0) is 28.4. The molecule has 9 rings (SSSR count). The molecule has 204 valence electrons. The van der Waals surface area contributed by atoms with Gasteiger partial charge in [0.1, 0.15) is 8.07 Å². The number of hydrogen-bond donors (Lipinski definition) is 0. The van der Waals surface area contributed by atoms with Gasteiger partial charge in [0.2, 0.25) is 0 Å². The highest BCUT2D eigenvalue weighted by Gasteiger charge is 2.47. The van der Waals surface area contributed by atoms with Crippen LogP contribution in [0.3, 0.4) is 0 Å². The molecule has 0 unspecified atom stereocenters. The fourth-order valence-electron chi connectivity index (χ4n) is 8.18. The summed E-state index contributed by atoms with van der Waals surface area (Å²) >= 11 is 0. The Labute approximate surface area is 254 Å². The van der Waals surface area contributed by atoms with Crippen molar-refractivity contribution in [3.8, 4) is 44.5 Å². The van der Waals surface area contributed by atoms with Crippen molar-refractivity contribution in [1.82, 2.24) is 0 Å². The van der Waals surface area contributed by atoms with Crippen LogP contribution in [0.4, 0.5) is 0 Å². The summed E-state index contributed by atoms with van der Waals surface area (Å²) < 4.78 is 0. The summed E-state index contributed by atoms with van der Waals surface area (Å²) in [5.41, 5.74) is 10.8. The van der Waals surface area contributed by atoms with Gasteiger partial charge >= 0.3 is 0 Å². The SMILES string of the molecule is c1ccc(-c2cc3ccccc3cc2-c2ccc3c(c2)-c2cc(-c4cccc5ccccc45)ccc2[Si]32CCCC2)cc1. The zero-order valence-corrected chi connectivity index (χ0v) is 25.2. The predicted molar refractivity (Wildman–Crippen MR) is 187 cm³/mol. The molecule has 43 heavy (non-hydrogen) atoms. The van der Waals surface area contributed by atoms with Gasteiger partial charge < -0.3 is 0 Å². The Morgan fingerprint density at radius 3 is 1.56 bits per heavy atom. The molecule has 0 radical (unpaired) electrons. The number of fused-ring (bicyclic) bond motifs is 7. The molecule has 1 spiro atoms. The van der Waals surface area contributed by atoms with E-state index in [1.807, 2.05) is 0 Å². The smallest absolute Gasteiger partial charge is 0.0622 e. The average Bonchev–Trinajstić information content (AvgIpc) is 3.67. The molecule has 2 aliphatic rings. The van der Waals surface area contributed by atoms with Gasteiger partial charge in [0.05, 0.1) is 0 Å². The monoisotopic (exact) mass is 564 g/mol. The average molecular weight is 565 g/mol. The minimum absolute atomic E-state index is 1.27. The minimum atomic E-state index is -1.73. The van der Waals surface area contributed by atoms with Gasteiger partial charge in [-0.1, -0.05) is 134 Å². The maximum atomic E-state index is 2.54. The lowest BCUT2D eigenvalue weighted by molar-refractivity contribution is 0.935. The summed E-state index contributed by atoms with van der Waals surface area (Å²) in [6.45, 7) is 0. The van der Waals surface area contributed by atoms with E-state index in [2.05, 4.69) is 146 Å². The van der Waals surface area contributed by atoms with E-state index in [0.717, 1.165) is 0 Å². The summed E-state index contributed by atoms with van der Waals surface area (Å²) in [7, 11) is -1.73. The van der Waals surface area contributed by atoms with Crippen molar-refractivity contribution in [2.24, 2.45) is 0 Å². The van der Waals surface area contributed by atoms with Gasteiger partial charge in [0.25, 0.3) is 0 Å². The summed E-state index contributed by atoms with van der Waals surface area (Å²) in [6.07, 6.45) is 2.72. The Balaban J connectivity index is 1.27. The van der Waals surface area contributed by atoms with Crippen LogP contribution < -0.4 is 10.4 Å². The van der Waals surface area contributed by atoms with E-state index in [4.69, 9.17) is 0 Å². The largest absolute Gasteiger partial charge is 0.119 e. The maximum absolute atomic E-state index is 2.54. The maximum Gasteiger partial charge on any atom is 0.119 e. The first-order chi connectivity index (χ1) is 21.3. The van der Waals surface area contributed by atoms with Crippen LogP contribution in [-0.4, -0.2) is 8.07 Å². The van der Waals surface area contributed by atoms with E-state index < -0.39 is 8.07 Å². The van der Waals surface area contributed by atoms with Crippen molar-refractivity contribution in [2.75, 3.05) is 0 Å². The van der Waals surface area contributed by atoms with Crippen LogP contribution in [0.1, 0.15) is 12.8 Å². The van der Waals surface area contributed by atoms with Gasteiger partial charge in [-0.25, -0.2) is 0 Å².